The monoisotopic (exact) mass is 244 g/mol. The third kappa shape index (κ3) is 3.00. The van der Waals surface area contributed by atoms with Gasteiger partial charge in [0.15, 0.2) is 5.78 Å². The molecule has 18 heavy (non-hydrogen) atoms. The van der Waals surface area contributed by atoms with Crippen molar-refractivity contribution in [3.05, 3.63) is 42.2 Å². The molecule has 0 saturated carbocycles. The van der Waals surface area contributed by atoms with E-state index in [1.165, 1.54) is 6.33 Å². The summed E-state index contributed by atoms with van der Waals surface area (Å²) >= 11 is 0. The van der Waals surface area contributed by atoms with Crippen LogP contribution in [0.25, 0.3) is 0 Å². The van der Waals surface area contributed by atoms with Crippen LogP contribution in [0.15, 0.2) is 30.9 Å². The van der Waals surface area contributed by atoms with Crippen molar-refractivity contribution < 1.29 is 4.79 Å². The van der Waals surface area contributed by atoms with Gasteiger partial charge in [0.2, 0.25) is 0 Å². The molecule has 2 heterocycles. The molecular formula is C13H16N4O. The lowest BCUT2D eigenvalue weighted by Crippen LogP contribution is -2.14. The molecule has 0 aliphatic rings. The van der Waals surface area contributed by atoms with Crippen LogP contribution in [0, 0.1) is 5.92 Å². The zero-order valence-corrected chi connectivity index (χ0v) is 10.6. The number of rotatable bonds is 5. The van der Waals surface area contributed by atoms with Gasteiger partial charge >= 0.3 is 0 Å². The summed E-state index contributed by atoms with van der Waals surface area (Å²) in [6.07, 6.45) is 5.01. The average molecular weight is 244 g/mol. The molecule has 0 amide bonds. The quantitative estimate of drug-likeness (QED) is 0.752. The molecule has 5 heteroatoms. The molecule has 0 saturated heterocycles. The minimum atomic E-state index is 0.0374. The van der Waals surface area contributed by atoms with E-state index in [1.54, 1.807) is 29.2 Å². The summed E-state index contributed by atoms with van der Waals surface area (Å²) in [6.45, 7) is 4.99. The Labute approximate surface area is 106 Å². The van der Waals surface area contributed by atoms with Crippen LogP contribution in [0.3, 0.4) is 0 Å². The van der Waals surface area contributed by atoms with Gasteiger partial charge in [0.25, 0.3) is 0 Å². The maximum Gasteiger partial charge on any atom is 0.170 e. The van der Waals surface area contributed by atoms with Crippen LogP contribution < -0.4 is 0 Å². The Kier molecular flexibility index (Phi) is 3.82. The molecule has 0 bridgehead atoms. The highest BCUT2D eigenvalue weighted by molar-refractivity contribution is 5.96. The fourth-order valence-corrected chi connectivity index (χ4v) is 1.71. The van der Waals surface area contributed by atoms with E-state index in [9.17, 15) is 4.79 Å². The molecule has 0 aromatic carbocycles. The first-order chi connectivity index (χ1) is 8.66. The van der Waals surface area contributed by atoms with Gasteiger partial charge in [0, 0.05) is 24.5 Å². The molecule has 2 aromatic rings. The standard InChI is InChI=1S/C13H16N4O/c1-10(2)8-17-13(15-9-16-17)7-12(18)11-3-5-14-6-4-11/h3-6,9-10H,7-8H2,1-2H3. The minimum Gasteiger partial charge on any atom is -0.294 e. The maximum absolute atomic E-state index is 12.0. The van der Waals surface area contributed by atoms with Crippen molar-refractivity contribution in [3.8, 4) is 0 Å². The van der Waals surface area contributed by atoms with Crippen LogP contribution in [0.2, 0.25) is 0 Å². The highest BCUT2D eigenvalue weighted by Gasteiger charge is 2.12. The predicted octanol–water partition coefficient (Wildman–Crippen LogP) is 1.75. The van der Waals surface area contributed by atoms with Crippen molar-refractivity contribution in [2.75, 3.05) is 0 Å². The van der Waals surface area contributed by atoms with Crippen LogP contribution in [0.5, 0.6) is 0 Å². The number of carbonyl (C=O) groups excluding carboxylic acids is 1. The first-order valence-electron chi connectivity index (χ1n) is 5.96. The van der Waals surface area contributed by atoms with Gasteiger partial charge in [-0.2, -0.15) is 5.10 Å². The van der Waals surface area contributed by atoms with Crippen molar-refractivity contribution in [2.45, 2.75) is 26.8 Å². The van der Waals surface area contributed by atoms with Crippen LogP contribution in [-0.2, 0) is 13.0 Å². The lowest BCUT2D eigenvalue weighted by Gasteiger charge is -2.07. The molecule has 0 radical (unpaired) electrons. The zero-order valence-electron chi connectivity index (χ0n) is 10.6. The molecular weight excluding hydrogens is 228 g/mol. The third-order valence-electron chi connectivity index (χ3n) is 2.55. The van der Waals surface area contributed by atoms with E-state index in [-0.39, 0.29) is 12.2 Å². The normalized spacial score (nSPS) is 10.8. The maximum atomic E-state index is 12.0. The number of hydrogen-bond acceptors (Lipinski definition) is 4. The largest absolute Gasteiger partial charge is 0.294 e. The second-order valence-electron chi connectivity index (χ2n) is 4.59. The van der Waals surface area contributed by atoms with E-state index in [2.05, 4.69) is 28.9 Å². The van der Waals surface area contributed by atoms with Crippen molar-refractivity contribution in [1.29, 1.82) is 0 Å². The lowest BCUT2D eigenvalue weighted by molar-refractivity contribution is 0.0989. The number of aromatic nitrogens is 4. The van der Waals surface area contributed by atoms with Crippen molar-refractivity contribution in [1.82, 2.24) is 19.7 Å². The number of ketones is 1. The van der Waals surface area contributed by atoms with E-state index in [1.807, 2.05) is 0 Å². The molecule has 0 spiro atoms. The number of nitrogens with zero attached hydrogens (tertiary/aromatic N) is 4. The van der Waals surface area contributed by atoms with Gasteiger partial charge < -0.3 is 0 Å². The Balaban J connectivity index is 2.10. The fraction of sp³-hybridized carbons (Fsp3) is 0.385. The molecule has 5 nitrogen and oxygen atoms in total. The minimum absolute atomic E-state index is 0.0374. The van der Waals surface area contributed by atoms with E-state index in [4.69, 9.17) is 0 Å². The Hall–Kier alpha value is -2.04. The summed E-state index contributed by atoms with van der Waals surface area (Å²) in [5, 5.41) is 4.14. The number of Topliss-reactive ketones (excluding diaryl/α,β-unsaturated/α-hetero) is 1. The highest BCUT2D eigenvalue weighted by atomic mass is 16.1. The van der Waals surface area contributed by atoms with Crippen LogP contribution in [0.1, 0.15) is 30.0 Å². The van der Waals surface area contributed by atoms with Crippen molar-refractivity contribution in [2.24, 2.45) is 5.92 Å². The molecule has 2 aromatic heterocycles. The van der Waals surface area contributed by atoms with Crippen molar-refractivity contribution in [3.63, 3.8) is 0 Å². The predicted molar refractivity (Wildman–Crippen MR) is 67.1 cm³/mol. The Morgan fingerprint density at radius 3 is 2.72 bits per heavy atom. The summed E-state index contributed by atoms with van der Waals surface area (Å²) in [7, 11) is 0. The zero-order chi connectivity index (χ0) is 13.0. The molecule has 0 atom stereocenters. The molecule has 2 rings (SSSR count). The lowest BCUT2D eigenvalue weighted by atomic mass is 10.1. The van der Waals surface area contributed by atoms with Crippen molar-refractivity contribution >= 4 is 5.78 Å². The van der Waals surface area contributed by atoms with E-state index >= 15 is 0 Å². The Bertz CT molecular complexity index is 519. The molecule has 94 valence electrons. The molecule has 0 fully saturated rings. The van der Waals surface area contributed by atoms with Gasteiger partial charge in [-0.05, 0) is 18.1 Å². The number of carbonyl (C=O) groups is 1. The van der Waals surface area contributed by atoms with Crippen LogP contribution in [0.4, 0.5) is 0 Å². The van der Waals surface area contributed by atoms with E-state index in [0.717, 1.165) is 6.54 Å². The first kappa shape index (κ1) is 12.4. The van der Waals surface area contributed by atoms with Gasteiger partial charge in [0.1, 0.15) is 12.2 Å². The first-order valence-corrected chi connectivity index (χ1v) is 5.96. The molecule has 0 unspecified atom stereocenters. The second kappa shape index (κ2) is 5.53. The SMILES string of the molecule is CC(C)Cn1ncnc1CC(=O)c1ccncc1. The topological polar surface area (TPSA) is 60.7 Å². The molecule has 0 aliphatic heterocycles. The van der Waals surface area contributed by atoms with Crippen LogP contribution >= 0.6 is 0 Å². The Morgan fingerprint density at radius 2 is 2.06 bits per heavy atom. The number of pyridine rings is 1. The molecule has 0 N–H and O–H groups in total. The number of hydrogen-bond donors (Lipinski definition) is 0. The van der Waals surface area contributed by atoms with Gasteiger partial charge in [0.05, 0.1) is 6.42 Å². The summed E-state index contributed by atoms with van der Waals surface area (Å²) < 4.78 is 1.80. The summed E-state index contributed by atoms with van der Waals surface area (Å²) in [5.41, 5.74) is 0.657. The summed E-state index contributed by atoms with van der Waals surface area (Å²) in [4.78, 5) is 20.1. The van der Waals surface area contributed by atoms with Gasteiger partial charge in [-0.25, -0.2) is 9.67 Å². The third-order valence-corrected chi connectivity index (χ3v) is 2.55. The average Bonchev–Trinajstić information content (AvgIpc) is 2.77. The van der Waals surface area contributed by atoms with Gasteiger partial charge in [-0.3, -0.25) is 9.78 Å². The van der Waals surface area contributed by atoms with Gasteiger partial charge in [-0.1, -0.05) is 13.8 Å². The van der Waals surface area contributed by atoms with E-state index in [0.29, 0.717) is 17.3 Å². The van der Waals surface area contributed by atoms with E-state index < -0.39 is 0 Å². The summed E-state index contributed by atoms with van der Waals surface area (Å²) in [6, 6.07) is 3.43. The fourth-order valence-electron chi connectivity index (χ4n) is 1.71. The smallest absolute Gasteiger partial charge is 0.170 e. The second-order valence-corrected chi connectivity index (χ2v) is 4.59. The summed E-state index contributed by atoms with van der Waals surface area (Å²) in [5.74, 6) is 1.22. The Morgan fingerprint density at radius 1 is 1.33 bits per heavy atom. The van der Waals surface area contributed by atoms with Crippen LogP contribution in [-0.4, -0.2) is 25.5 Å². The van der Waals surface area contributed by atoms with Gasteiger partial charge in [-0.15, -0.1) is 0 Å². The highest BCUT2D eigenvalue weighted by Crippen LogP contribution is 2.06. The molecule has 0 aliphatic carbocycles.